The van der Waals surface area contributed by atoms with Gasteiger partial charge in [0.05, 0.1) is 6.17 Å². The van der Waals surface area contributed by atoms with E-state index in [4.69, 9.17) is 0 Å². The monoisotopic (exact) mass is 220 g/mol. The van der Waals surface area contributed by atoms with Crippen LogP contribution >= 0.6 is 0 Å². The lowest BCUT2D eigenvalue weighted by Crippen LogP contribution is -2.49. The Morgan fingerprint density at radius 3 is 2.06 bits per heavy atom. The Morgan fingerprint density at radius 1 is 1.00 bits per heavy atom. The van der Waals surface area contributed by atoms with E-state index in [0.717, 1.165) is 0 Å². The van der Waals surface area contributed by atoms with E-state index in [1.54, 1.807) is 0 Å². The molecule has 0 aromatic heterocycles. The van der Waals surface area contributed by atoms with Gasteiger partial charge >= 0.3 is 0 Å². The van der Waals surface area contributed by atoms with Crippen molar-refractivity contribution in [2.75, 3.05) is 0 Å². The SMILES string of the molecule is CC(N[C@H](C)c1ccccc1)NC(C)(C)C. The molecule has 0 radical (unpaired) electrons. The van der Waals surface area contributed by atoms with Crippen molar-refractivity contribution in [3.63, 3.8) is 0 Å². The Morgan fingerprint density at radius 2 is 1.56 bits per heavy atom. The molecule has 1 rings (SSSR count). The van der Waals surface area contributed by atoms with Crippen LogP contribution in [0, 0.1) is 0 Å². The van der Waals surface area contributed by atoms with Crippen LogP contribution in [-0.2, 0) is 0 Å². The third-order valence-corrected chi connectivity index (χ3v) is 2.45. The Kier molecular flexibility index (Phi) is 4.51. The summed E-state index contributed by atoms with van der Waals surface area (Å²) < 4.78 is 0. The van der Waals surface area contributed by atoms with E-state index in [9.17, 15) is 0 Å². The van der Waals surface area contributed by atoms with E-state index in [2.05, 4.69) is 69.5 Å². The van der Waals surface area contributed by atoms with Gasteiger partial charge in [-0.05, 0) is 40.2 Å². The summed E-state index contributed by atoms with van der Waals surface area (Å²) in [7, 11) is 0. The minimum atomic E-state index is 0.142. The molecule has 2 nitrogen and oxygen atoms in total. The number of rotatable bonds is 4. The van der Waals surface area contributed by atoms with Gasteiger partial charge in [-0.15, -0.1) is 0 Å². The van der Waals surface area contributed by atoms with Crippen LogP contribution in [0.4, 0.5) is 0 Å². The van der Waals surface area contributed by atoms with Gasteiger partial charge in [-0.1, -0.05) is 30.3 Å². The van der Waals surface area contributed by atoms with Gasteiger partial charge in [-0.2, -0.15) is 0 Å². The van der Waals surface area contributed by atoms with Crippen molar-refractivity contribution < 1.29 is 0 Å². The molecule has 0 bridgehead atoms. The molecule has 0 fully saturated rings. The van der Waals surface area contributed by atoms with Crippen LogP contribution in [-0.4, -0.2) is 11.7 Å². The summed E-state index contributed by atoms with van der Waals surface area (Å²) in [6.07, 6.45) is 0.301. The standard InChI is InChI=1S/C14H24N2/c1-11(13-9-7-6-8-10-13)15-12(2)16-14(3,4)5/h6-12,15-16H,1-5H3/t11-,12?/m1/s1. The molecule has 1 aromatic carbocycles. The third kappa shape index (κ3) is 4.77. The highest BCUT2D eigenvalue weighted by molar-refractivity contribution is 5.18. The van der Waals surface area contributed by atoms with Crippen LogP contribution in [0.3, 0.4) is 0 Å². The lowest BCUT2D eigenvalue weighted by molar-refractivity contribution is 0.315. The van der Waals surface area contributed by atoms with Gasteiger partial charge in [0, 0.05) is 11.6 Å². The molecule has 0 saturated heterocycles. The molecular formula is C14H24N2. The minimum Gasteiger partial charge on any atom is -0.297 e. The second kappa shape index (κ2) is 5.46. The largest absolute Gasteiger partial charge is 0.297 e. The van der Waals surface area contributed by atoms with Crippen LogP contribution in [0.5, 0.6) is 0 Å². The predicted molar refractivity (Wildman–Crippen MR) is 70.3 cm³/mol. The molecular weight excluding hydrogens is 196 g/mol. The van der Waals surface area contributed by atoms with E-state index in [1.807, 2.05) is 6.07 Å². The molecule has 1 aromatic rings. The molecule has 0 saturated carbocycles. The summed E-state index contributed by atoms with van der Waals surface area (Å²) in [4.78, 5) is 0. The van der Waals surface area contributed by atoms with Crippen LogP contribution in [0.25, 0.3) is 0 Å². The molecule has 2 atom stereocenters. The first-order chi connectivity index (χ1) is 7.38. The summed E-state index contributed by atoms with van der Waals surface area (Å²) in [6, 6.07) is 10.9. The maximum absolute atomic E-state index is 3.54. The van der Waals surface area contributed by atoms with Crippen LogP contribution in [0.15, 0.2) is 30.3 Å². The third-order valence-electron chi connectivity index (χ3n) is 2.45. The normalized spacial score (nSPS) is 15.8. The summed E-state index contributed by atoms with van der Waals surface area (Å²) in [5.74, 6) is 0. The van der Waals surface area contributed by atoms with Crippen molar-refractivity contribution >= 4 is 0 Å². The molecule has 16 heavy (non-hydrogen) atoms. The maximum Gasteiger partial charge on any atom is 0.0551 e. The molecule has 0 amide bonds. The second-order valence-electron chi connectivity index (χ2n) is 5.42. The Balaban J connectivity index is 2.49. The second-order valence-corrected chi connectivity index (χ2v) is 5.42. The summed E-state index contributed by atoms with van der Waals surface area (Å²) in [5, 5.41) is 7.05. The van der Waals surface area contributed by atoms with Crippen molar-refractivity contribution in [2.24, 2.45) is 0 Å². The molecule has 0 aliphatic carbocycles. The number of hydrogen-bond donors (Lipinski definition) is 2. The van der Waals surface area contributed by atoms with Crippen molar-refractivity contribution in [1.82, 2.24) is 10.6 Å². The van der Waals surface area contributed by atoms with Gasteiger partial charge in [-0.25, -0.2) is 0 Å². The van der Waals surface area contributed by atoms with Gasteiger partial charge in [0.15, 0.2) is 0 Å². The van der Waals surface area contributed by atoms with Crippen molar-refractivity contribution in [3.05, 3.63) is 35.9 Å². The van der Waals surface area contributed by atoms with E-state index in [0.29, 0.717) is 12.2 Å². The van der Waals surface area contributed by atoms with Crippen molar-refractivity contribution in [2.45, 2.75) is 52.4 Å². The highest BCUT2D eigenvalue weighted by Gasteiger charge is 2.15. The molecule has 0 heterocycles. The lowest BCUT2D eigenvalue weighted by Gasteiger charge is -2.29. The zero-order chi connectivity index (χ0) is 12.2. The van der Waals surface area contributed by atoms with Gasteiger partial charge in [0.1, 0.15) is 0 Å². The highest BCUT2D eigenvalue weighted by Crippen LogP contribution is 2.12. The Labute approximate surface area is 99.5 Å². The van der Waals surface area contributed by atoms with E-state index in [1.165, 1.54) is 5.56 Å². The van der Waals surface area contributed by atoms with Gasteiger partial charge < -0.3 is 0 Å². The van der Waals surface area contributed by atoms with Crippen LogP contribution < -0.4 is 10.6 Å². The first-order valence-corrected chi connectivity index (χ1v) is 5.97. The number of nitrogens with one attached hydrogen (secondary N) is 2. The maximum atomic E-state index is 3.54. The van der Waals surface area contributed by atoms with Crippen molar-refractivity contribution in [3.8, 4) is 0 Å². The Hall–Kier alpha value is -0.860. The van der Waals surface area contributed by atoms with Gasteiger partial charge in [0.25, 0.3) is 0 Å². The van der Waals surface area contributed by atoms with E-state index in [-0.39, 0.29) is 5.54 Å². The van der Waals surface area contributed by atoms with Gasteiger partial charge in [-0.3, -0.25) is 10.6 Å². The fourth-order valence-electron chi connectivity index (χ4n) is 1.90. The minimum absolute atomic E-state index is 0.142. The molecule has 90 valence electrons. The summed E-state index contributed by atoms with van der Waals surface area (Å²) in [6.45, 7) is 10.9. The Bertz CT molecular complexity index is 300. The molecule has 0 aliphatic heterocycles. The molecule has 0 aliphatic rings. The first-order valence-electron chi connectivity index (χ1n) is 5.97. The number of benzene rings is 1. The molecule has 0 spiro atoms. The zero-order valence-corrected chi connectivity index (χ0v) is 11.0. The fraction of sp³-hybridized carbons (Fsp3) is 0.571. The summed E-state index contributed by atoms with van der Waals surface area (Å²) in [5.41, 5.74) is 1.47. The number of hydrogen-bond acceptors (Lipinski definition) is 2. The van der Waals surface area contributed by atoms with E-state index >= 15 is 0 Å². The average Bonchev–Trinajstić information content (AvgIpc) is 2.16. The zero-order valence-electron chi connectivity index (χ0n) is 11.0. The predicted octanol–water partition coefficient (Wildman–Crippen LogP) is 3.07. The summed E-state index contributed by atoms with van der Waals surface area (Å²) >= 11 is 0. The average molecular weight is 220 g/mol. The molecule has 2 heteroatoms. The van der Waals surface area contributed by atoms with Crippen LogP contribution in [0.1, 0.15) is 46.2 Å². The molecule has 1 unspecified atom stereocenters. The van der Waals surface area contributed by atoms with E-state index < -0.39 is 0 Å². The van der Waals surface area contributed by atoms with Crippen molar-refractivity contribution in [1.29, 1.82) is 0 Å². The van der Waals surface area contributed by atoms with Gasteiger partial charge in [0.2, 0.25) is 0 Å². The first kappa shape index (κ1) is 13.2. The quantitative estimate of drug-likeness (QED) is 0.762. The fourth-order valence-corrected chi connectivity index (χ4v) is 1.90. The van der Waals surface area contributed by atoms with Crippen LogP contribution in [0.2, 0.25) is 0 Å². The smallest absolute Gasteiger partial charge is 0.0551 e. The topological polar surface area (TPSA) is 24.1 Å². The molecule has 2 N–H and O–H groups in total. The highest BCUT2D eigenvalue weighted by atomic mass is 15.2. The lowest BCUT2D eigenvalue weighted by atomic mass is 10.1.